The van der Waals surface area contributed by atoms with Gasteiger partial charge < -0.3 is 0 Å². The molecule has 0 radical (unpaired) electrons. The van der Waals surface area contributed by atoms with Gasteiger partial charge in [-0.15, -0.1) is 0 Å². The number of fused-ring (bicyclic) bond motifs is 1. The zero-order valence-corrected chi connectivity index (χ0v) is 19.9. The van der Waals surface area contributed by atoms with Crippen molar-refractivity contribution in [1.29, 1.82) is 0 Å². The average Bonchev–Trinajstić information content (AvgIpc) is 3.36. The van der Waals surface area contributed by atoms with Crippen molar-refractivity contribution in [3.63, 3.8) is 0 Å². The highest BCUT2D eigenvalue weighted by atomic mass is 14.9. The summed E-state index contributed by atoms with van der Waals surface area (Å²) in [6.07, 6.45) is 12.0. The highest BCUT2D eigenvalue weighted by molar-refractivity contribution is 5.94. The Hall–Kier alpha value is -2.15. The summed E-state index contributed by atoms with van der Waals surface area (Å²) in [5.41, 5.74) is 9.41. The number of aromatic nitrogens is 1. The van der Waals surface area contributed by atoms with Crippen LogP contribution in [-0.2, 0) is 7.05 Å². The molecule has 0 atom stereocenters. The maximum atomic E-state index is 8.95. The van der Waals surface area contributed by atoms with Crippen LogP contribution in [0.3, 0.4) is 0 Å². The third-order valence-electron chi connectivity index (χ3n) is 8.30. The minimum absolute atomic E-state index is 0.667. The lowest BCUT2D eigenvalue weighted by Crippen LogP contribution is -2.35. The quantitative estimate of drug-likeness (QED) is 0.383. The summed E-state index contributed by atoms with van der Waals surface area (Å²) in [5, 5.41) is 2.36. The fraction of sp³-hybridized carbons (Fsp3) is 0.500. The molecule has 1 nitrogen and oxygen atoms in total. The van der Waals surface area contributed by atoms with Gasteiger partial charge in [-0.05, 0) is 91.1 Å². The number of hydrogen-bond acceptors (Lipinski definition) is 0. The topological polar surface area (TPSA) is 3.88 Å². The van der Waals surface area contributed by atoms with E-state index in [0.29, 0.717) is 17.9 Å². The van der Waals surface area contributed by atoms with Gasteiger partial charge in [-0.3, -0.25) is 0 Å². The predicted octanol–water partition coefficient (Wildman–Crippen LogP) is 7.96. The van der Waals surface area contributed by atoms with Crippen LogP contribution >= 0.6 is 0 Å². The van der Waals surface area contributed by atoms with Gasteiger partial charge >= 0.3 is 0 Å². The number of nitrogens with zero attached hydrogens (tertiary/aromatic N) is 1. The fourth-order valence-electron chi connectivity index (χ4n) is 6.14. The standard InChI is InChI=1S/C30H38N/c1-20-16-26(24-12-8-9-13-24)19-29(22(20)3)30-28-15-14-25(23-10-6-5-7-11-23)18-27(28)17-21(2)31(30)4/h14-19,23-24H,5-13H2,1-4H3/q+1/i17D. The molecular formula is C30H38N+. The first kappa shape index (κ1) is 19.5. The largest absolute Gasteiger partial charge is 0.220 e. The average molecular weight is 414 g/mol. The van der Waals surface area contributed by atoms with E-state index < -0.39 is 0 Å². The highest BCUT2D eigenvalue weighted by Gasteiger charge is 2.25. The molecule has 2 aliphatic rings. The third-order valence-corrected chi connectivity index (χ3v) is 8.30. The van der Waals surface area contributed by atoms with Crippen LogP contribution < -0.4 is 4.57 Å². The van der Waals surface area contributed by atoms with Crippen LogP contribution in [0.2, 0.25) is 0 Å². The Morgan fingerprint density at radius 2 is 1.45 bits per heavy atom. The molecular weight excluding hydrogens is 374 g/mol. The minimum atomic E-state index is 0.667. The first-order valence-corrected chi connectivity index (χ1v) is 12.5. The van der Waals surface area contributed by atoms with Crippen LogP contribution in [0.1, 0.15) is 98.9 Å². The lowest BCUT2D eigenvalue weighted by atomic mass is 9.83. The number of rotatable bonds is 3. The number of hydrogen-bond donors (Lipinski definition) is 0. The second-order valence-electron chi connectivity index (χ2n) is 10.2. The van der Waals surface area contributed by atoms with Gasteiger partial charge in [-0.2, -0.15) is 4.57 Å². The second-order valence-corrected chi connectivity index (χ2v) is 10.2. The predicted molar refractivity (Wildman–Crippen MR) is 132 cm³/mol. The molecule has 0 N–H and O–H groups in total. The van der Waals surface area contributed by atoms with Crippen molar-refractivity contribution in [3.8, 4) is 11.3 Å². The van der Waals surface area contributed by atoms with E-state index in [0.717, 1.165) is 11.1 Å². The van der Waals surface area contributed by atoms with Crippen molar-refractivity contribution in [2.24, 2.45) is 7.05 Å². The zero-order valence-electron chi connectivity index (χ0n) is 20.9. The van der Waals surface area contributed by atoms with E-state index >= 15 is 0 Å². The molecule has 0 unspecified atom stereocenters. The maximum absolute atomic E-state index is 8.95. The molecule has 1 heteroatoms. The van der Waals surface area contributed by atoms with Crippen LogP contribution in [0.25, 0.3) is 22.0 Å². The molecule has 0 bridgehead atoms. The van der Waals surface area contributed by atoms with E-state index in [1.54, 1.807) is 0 Å². The molecule has 1 heterocycles. The van der Waals surface area contributed by atoms with E-state index in [2.05, 4.69) is 62.7 Å². The number of aryl methyl sites for hydroxylation is 1. The first-order valence-electron chi connectivity index (χ1n) is 13.0. The van der Waals surface area contributed by atoms with E-state index in [4.69, 9.17) is 1.37 Å². The molecule has 2 fully saturated rings. The molecule has 3 aromatic rings. The molecule has 162 valence electrons. The van der Waals surface area contributed by atoms with Gasteiger partial charge in [0, 0.05) is 13.0 Å². The van der Waals surface area contributed by atoms with Gasteiger partial charge in [0.05, 0.1) is 12.3 Å². The summed E-state index contributed by atoms with van der Waals surface area (Å²) in [6.45, 7) is 6.66. The molecule has 2 saturated carbocycles. The van der Waals surface area contributed by atoms with E-state index in [1.165, 1.54) is 96.7 Å². The Labute approximate surface area is 189 Å². The summed E-state index contributed by atoms with van der Waals surface area (Å²) in [5.74, 6) is 1.37. The molecule has 0 spiro atoms. The molecule has 0 aliphatic heterocycles. The van der Waals surface area contributed by atoms with Crippen molar-refractivity contribution in [2.45, 2.75) is 90.4 Å². The van der Waals surface area contributed by atoms with Crippen molar-refractivity contribution in [1.82, 2.24) is 0 Å². The highest BCUT2D eigenvalue weighted by Crippen LogP contribution is 2.40. The van der Waals surface area contributed by atoms with Crippen LogP contribution in [-0.4, -0.2) is 0 Å². The van der Waals surface area contributed by atoms with E-state index in [-0.39, 0.29) is 0 Å². The van der Waals surface area contributed by atoms with Crippen LogP contribution in [0.5, 0.6) is 0 Å². The van der Waals surface area contributed by atoms with Crippen molar-refractivity contribution in [2.75, 3.05) is 0 Å². The summed E-state index contributed by atoms with van der Waals surface area (Å²) in [7, 11) is 2.15. The SMILES string of the molecule is [2H]c1c(C)[n+](C)c(-c2cc(C3CCCC3)cc(C)c2C)c2ccc(C3CCCCC3)cc12. The van der Waals surface area contributed by atoms with Crippen molar-refractivity contribution in [3.05, 3.63) is 64.3 Å². The molecule has 0 saturated heterocycles. The molecule has 2 aromatic carbocycles. The maximum Gasteiger partial charge on any atom is 0.220 e. The number of pyridine rings is 1. The Morgan fingerprint density at radius 3 is 2.16 bits per heavy atom. The summed E-state index contributed by atoms with van der Waals surface area (Å²) in [6, 6.07) is 12.6. The van der Waals surface area contributed by atoms with Gasteiger partial charge in [-0.1, -0.05) is 50.3 Å². The molecule has 0 amide bonds. The Kier molecular flexibility index (Phi) is 5.30. The minimum Gasteiger partial charge on any atom is -0.198 e. The fourth-order valence-corrected chi connectivity index (χ4v) is 6.14. The van der Waals surface area contributed by atoms with E-state index in [1.807, 2.05) is 0 Å². The smallest absolute Gasteiger partial charge is 0.198 e. The first-order chi connectivity index (χ1) is 15.5. The van der Waals surface area contributed by atoms with Crippen LogP contribution in [0, 0.1) is 20.8 Å². The van der Waals surface area contributed by atoms with Gasteiger partial charge in [0.1, 0.15) is 7.05 Å². The molecule has 31 heavy (non-hydrogen) atoms. The van der Waals surface area contributed by atoms with Crippen molar-refractivity contribution < 1.29 is 5.94 Å². The lowest BCUT2D eigenvalue weighted by molar-refractivity contribution is -0.665. The van der Waals surface area contributed by atoms with Gasteiger partial charge in [0.25, 0.3) is 0 Å². The zero-order chi connectivity index (χ0) is 22.4. The summed E-state index contributed by atoms with van der Waals surface area (Å²) >= 11 is 0. The third kappa shape index (κ3) is 3.81. The Morgan fingerprint density at radius 1 is 0.806 bits per heavy atom. The second kappa shape index (κ2) is 8.41. The van der Waals surface area contributed by atoms with Crippen LogP contribution in [0.4, 0.5) is 0 Å². The lowest BCUT2D eigenvalue weighted by Gasteiger charge is -2.22. The van der Waals surface area contributed by atoms with Gasteiger partial charge in [0.2, 0.25) is 5.69 Å². The molecule has 5 rings (SSSR count). The molecule has 1 aromatic heterocycles. The Bertz CT molecular complexity index is 1160. The van der Waals surface area contributed by atoms with Gasteiger partial charge in [-0.25, -0.2) is 0 Å². The Balaban J connectivity index is 1.72. The summed E-state index contributed by atoms with van der Waals surface area (Å²) in [4.78, 5) is 0. The summed E-state index contributed by atoms with van der Waals surface area (Å²) < 4.78 is 11.2. The monoisotopic (exact) mass is 413 g/mol. The number of benzene rings is 2. The van der Waals surface area contributed by atoms with E-state index in [9.17, 15) is 0 Å². The van der Waals surface area contributed by atoms with Gasteiger partial charge in [0.15, 0.2) is 5.69 Å². The molecule has 2 aliphatic carbocycles. The normalized spacial score (nSPS) is 18.6. The van der Waals surface area contributed by atoms with Crippen molar-refractivity contribution >= 4 is 10.8 Å². The van der Waals surface area contributed by atoms with Crippen LogP contribution in [0.15, 0.2) is 36.4 Å².